The first-order chi connectivity index (χ1) is 9.67. The number of carbonyl (C=O) groups excluding carboxylic acids is 1. The van der Waals surface area contributed by atoms with Crippen molar-refractivity contribution < 1.29 is 22.4 Å². The summed E-state index contributed by atoms with van der Waals surface area (Å²) in [7, 11) is 0. The summed E-state index contributed by atoms with van der Waals surface area (Å²) in [6.07, 6.45) is -4.60. The van der Waals surface area contributed by atoms with E-state index in [0.717, 1.165) is 0 Å². The molecule has 0 saturated heterocycles. The van der Waals surface area contributed by atoms with Gasteiger partial charge in [-0.2, -0.15) is 13.2 Å². The van der Waals surface area contributed by atoms with Crippen LogP contribution in [0.3, 0.4) is 0 Å². The van der Waals surface area contributed by atoms with Crippen LogP contribution >= 0.6 is 0 Å². The molecule has 0 heterocycles. The average molecular weight is 306 g/mol. The molecule has 0 aromatic heterocycles. The van der Waals surface area contributed by atoms with Gasteiger partial charge in [-0.15, -0.1) is 0 Å². The molecule has 7 heteroatoms. The van der Waals surface area contributed by atoms with Gasteiger partial charge in [0.2, 0.25) is 5.91 Å². The maximum atomic E-state index is 13.4. The second kappa shape index (κ2) is 7.28. The minimum Gasteiger partial charge on any atom is -0.383 e. The monoisotopic (exact) mass is 306 g/mol. The summed E-state index contributed by atoms with van der Waals surface area (Å²) < 4.78 is 49.6. The fourth-order valence-corrected chi connectivity index (χ4v) is 1.87. The normalized spacial score (nSPS) is 12.9. The SMILES string of the molecule is CC(=O)Nc1cc(NC(C)CCCC(F)(F)F)ccc1F. The zero-order chi connectivity index (χ0) is 16.0. The number of carbonyl (C=O) groups is 1. The van der Waals surface area contributed by atoms with Crippen LogP contribution in [0.2, 0.25) is 0 Å². The molecule has 1 atom stereocenters. The van der Waals surface area contributed by atoms with E-state index in [1.54, 1.807) is 6.92 Å². The number of rotatable bonds is 6. The lowest BCUT2D eigenvalue weighted by molar-refractivity contribution is -0.135. The van der Waals surface area contributed by atoms with Crippen LogP contribution in [0.25, 0.3) is 0 Å². The van der Waals surface area contributed by atoms with Gasteiger partial charge in [0.05, 0.1) is 5.69 Å². The van der Waals surface area contributed by atoms with Crippen LogP contribution in [0.4, 0.5) is 28.9 Å². The van der Waals surface area contributed by atoms with Crippen LogP contribution in [-0.4, -0.2) is 18.1 Å². The molecular weight excluding hydrogens is 288 g/mol. The molecule has 3 nitrogen and oxygen atoms in total. The van der Waals surface area contributed by atoms with E-state index in [2.05, 4.69) is 10.6 Å². The Kier molecular flexibility index (Phi) is 5.99. The lowest BCUT2D eigenvalue weighted by atomic mass is 10.1. The molecule has 1 aromatic rings. The van der Waals surface area contributed by atoms with Gasteiger partial charge >= 0.3 is 6.18 Å². The van der Waals surface area contributed by atoms with Gasteiger partial charge in [-0.05, 0) is 38.0 Å². The first-order valence-electron chi connectivity index (χ1n) is 6.58. The lowest BCUT2D eigenvalue weighted by Gasteiger charge is -2.16. The molecule has 118 valence electrons. The highest BCUT2D eigenvalue weighted by Gasteiger charge is 2.26. The summed E-state index contributed by atoms with van der Waals surface area (Å²) in [5.41, 5.74) is 0.578. The van der Waals surface area contributed by atoms with Crippen LogP contribution < -0.4 is 10.6 Å². The van der Waals surface area contributed by atoms with Crippen LogP contribution in [0.1, 0.15) is 33.1 Å². The van der Waals surface area contributed by atoms with Crippen molar-refractivity contribution in [3.8, 4) is 0 Å². The molecular formula is C14H18F4N2O. The van der Waals surface area contributed by atoms with Gasteiger partial charge in [0.15, 0.2) is 0 Å². The van der Waals surface area contributed by atoms with Crippen LogP contribution in [-0.2, 0) is 4.79 Å². The van der Waals surface area contributed by atoms with E-state index in [9.17, 15) is 22.4 Å². The Labute approximate surface area is 120 Å². The quantitative estimate of drug-likeness (QED) is 0.769. The molecule has 1 rings (SSSR count). The number of hydrogen-bond donors (Lipinski definition) is 2. The predicted octanol–water partition coefficient (Wildman–Crippen LogP) is 4.32. The number of halogens is 4. The van der Waals surface area contributed by atoms with Gasteiger partial charge < -0.3 is 10.6 Å². The Morgan fingerprint density at radius 3 is 2.57 bits per heavy atom. The average Bonchev–Trinajstić information content (AvgIpc) is 2.31. The summed E-state index contributed by atoms with van der Waals surface area (Å²) in [6, 6.07) is 3.89. The van der Waals surface area contributed by atoms with E-state index in [0.29, 0.717) is 12.1 Å². The fraction of sp³-hybridized carbons (Fsp3) is 0.500. The van der Waals surface area contributed by atoms with Crippen molar-refractivity contribution in [3.05, 3.63) is 24.0 Å². The number of hydrogen-bond acceptors (Lipinski definition) is 2. The third-order valence-electron chi connectivity index (χ3n) is 2.79. The first kappa shape index (κ1) is 17.3. The molecule has 0 aliphatic heterocycles. The van der Waals surface area contributed by atoms with Crippen LogP contribution in [0.5, 0.6) is 0 Å². The molecule has 0 fully saturated rings. The Hall–Kier alpha value is -1.79. The van der Waals surface area contributed by atoms with Gasteiger partial charge in [-0.1, -0.05) is 0 Å². The van der Waals surface area contributed by atoms with Crippen LogP contribution in [0.15, 0.2) is 18.2 Å². The molecule has 21 heavy (non-hydrogen) atoms. The number of benzene rings is 1. The van der Waals surface area contributed by atoms with Gasteiger partial charge in [0, 0.05) is 25.1 Å². The zero-order valence-corrected chi connectivity index (χ0v) is 11.9. The van der Waals surface area contributed by atoms with Gasteiger partial charge in [0.1, 0.15) is 5.82 Å². The molecule has 0 saturated carbocycles. The third-order valence-corrected chi connectivity index (χ3v) is 2.79. The summed E-state index contributed by atoms with van der Waals surface area (Å²) in [4.78, 5) is 10.9. The van der Waals surface area contributed by atoms with Gasteiger partial charge in [-0.3, -0.25) is 4.79 Å². The largest absolute Gasteiger partial charge is 0.389 e. The van der Waals surface area contributed by atoms with Crippen molar-refractivity contribution >= 4 is 17.3 Å². The number of nitrogens with one attached hydrogen (secondary N) is 2. The maximum Gasteiger partial charge on any atom is 0.389 e. The molecule has 2 N–H and O–H groups in total. The summed E-state index contributed by atoms with van der Waals surface area (Å²) in [6.45, 7) is 3.01. The van der Waals surface area contributed by atoms with E-state index >= 15 is 0 Å². The highest BCUT2D eigenvalue weighted by Crippen LogP contribution is 2.24. The fourth-order valence-electron chi connectivity index (χ4n) is 1.87. The number of anilines is 2. The second-order valence-electron chi connectivity index (χ2n) is 4.93. The minimum absolute atomic E-state index is 0.0252. The number of alkyl halides is 3. The molecule has 1 aromatic carbocycles. The molecule has 0 aliphatic rings. The first-order valence-corrected chi connectivity index (χ1v) is 6.58. The molecule has 0 bridgehead atoms. The highest BCUT2D eigenvalue weighted by atomic mass is 19.4. The minimum atomic E-state index is -4.14. The Bertz CT molecular complexity index is 488. The van der Waals surface area contributed by atoms with Gasteiger partial charge in [0.25, 0.3) is 0 Å². The Morgan fingerprint density at radius 1 is 1.33 bits per heavy atom. The molecule has 1 amide bonds. The molecule has 0 aliphatic carbocycles. The van der Waals surface area contributed by atoms with E-state index in [1.165, 1.54) is 25.1 Å². The molecule has 0 spiro atoms. The highest BCUT2D eigenvalue weighted by molar-refractivity contribution is 5.89. The standard InChI is InChI=1S/C14H18F4N2O/c1-9(4-3-7-14(16,17)18)19-11-5-6-12(15)13(8-11)20-10(2)21/h5-6,8-9,19H,3-4,7H2,1-2H3,(H,20,21). The van der Waals surface area contributed by atoms with Crippen molar-refractivity contribution in [2.45, 2.75) is 45.3 Å². The van der Waals surface area contributed by atoms with Gasteiger partial charge in [-0.25, -0.2) is 4.39 Å². The smallest absolute Gasteiger partial charge is 0.383 e. The van der Waals surface area contributed by atoms with Crippen molar-refractivity contribution in [2.75, 3.05) is 10.6 Å². The van der Waals surface area contributed by atoms with E-state index < -0.39 is 24.3 Å². The van der Waals surface area contributed by atoms with Crippen molar-refractivity contribution in [1.29, 1.82) is 0 Å². The van der Waals surface area contributed by atoms with Crippen molar-refractivity contribution in [3.63, 3.8) is 0 Å². The topological polar surface area (TPSA) is 41.1 Å². The molecule has 1 unspecified atom stereocenters. The summed E-state index contributed by atoms with van der Waals surface area (Å²) >= 11 is 0. The van der Waals surface area contributed by atoms with Crippen molar-refractivity contribution in [1.82, 2.24) is 0 Å². The summed E-state index contributed by atoms with van der Waals surface area (Å²) in [5, 5.41) is 5.33. The maximum absolute atomic E-state index is 13.4. The Balaban J connectivity index is 2.56. The van der Waals surface area contributed by atoms with E-state index in [1.807, 2.05) is 0 Å². The predicted molar refractivity (Wildman–Crippen MR) is 73.7 cm³/mol. The molecule has 0 radical (unpaired) electrons. The Morgan fingerprint density at radius 2 is 2.00 bits per heavy atom. The third kappa shape index (κ3) is 6.97. The van der Waals surface area contributed by atoms with E-state index in [4.69, 9.17) is 0 Å². The summed E-state index contributed by atoms with van der Waals surface area (Å²) in [5.74, 6) is -0.968. The second-order valence-corrected chi connectivity index (χ2v) is 4.93. The van der Waals surface area contributed by atoms with E-state index in [-0.39, 0.29) is 18.2 Å². The zero-order valence-electron chi connectivity index (χ0n) is 11.9. The van der Waals surface area contributed by atoms with Crippen molar-refractivity contribution in [2.24, 2.45) is 0 Å². The number of amides is 1. The van der Waals surface area contributed by atoms with Crippen LogP contribution in [0, 0.1) is 5.82 Å². The lowest BCUT2D eigenvalue weighted by Crippen LogP contribution is -2.17.